The molecule has 134 valence electrons. The Morgan fingerprint density at radius 2 is 2.24 bits per heavy atom. The Hall–Kier alpha value is -2.48. The summed E-state index contributed by atoms with van der Waals surface area (Å²) in [5.41, 5.74) is 1.23. The maximum absolute atomic E-state index is 12.6. The van der Waals surface area contributed by atoms with Gasteiger partial charge in [-0.2, -0.15) is 13.9 Å². The minimum absolute atomic E-state index is 0.00184. The number of aromatic nitrogens is 2. The Bertz CT molecular complexity index is 746. The second-order valence-electron chi connectivity index (χ2n) is 6.16. The third-order valence-electron chi connectivity index (χ3n) is 4.19. The molecule has 1 amide bonds. The molecule has 1 aromatic heterocycles. The zero-order valence-electron chi connectivity index (χ0n) is 13.7. The van der Waals surface area contributed by atoms with Crippen LogP contribution in [0.3, 0.4) is 0 Å². The first kappa shape index (κ1) is 17.3. The van der Waals surface area contributed by atoms with Crippen molar-refractivity contribution in [2.24, 2.45) is 5.92 Å². The van der Waals surface area contributed by atoms with Crippen molar-refractivity contribution in [3.63, 3.8) is 0 Å². The van der Waals surface area contributed by atoms with E-state index >= 15 is 0 Å². The number of amides is 1. The normalized spacial score (nSPS) is 15.2. The number of aliphatic hydroxyl groups excluding tert-OH is 1. The van der Waals surface area contributed by atoms with Crippen LogP contribution in [0.4, 0.5) is 8.78 Å². The molecule has 1 heterocycles. The monoisotopic (exact) mass is 351 g/mol. The second kappa shape index (κ2) is 7.18. The van der Waals surface area contributed by atoms with Gasteiger partial charge in [-0.3, -0.25) is 9.89 Å². The Labute approximate surface area is 143 Å². The Kier molecular flexibility index (Phi) is 4.98. The number of nitrogens with one attached hydrogen (secondary N) is 1. The van der Waals surface area contributed by atoms with E-state index < -0.39 is 12.7 Å². The highest BCUT2D eigenvalue weighted by Crippen LogP contribution is 2.33. The molecule has 0 radical (unpaired) electrons. The molecule has 1 saturated carbocycles. The summed E-state index contributed by atoms with van der Waals surface area (Å²) in [6.45, 7) is -2.68. The van der Waals surface area contributed by atoms with Crippen LogP contribution in [-0.4, -0.2) is 52.4 Å². The first-order valence-electron chi connectivity index (χ1n) is 7.98. The molecule has 2 N–H and O–H groups in total. The summed E-state index contributed by atoms with van der Waals surface area (Å²) in [5.74, 6) is -0.0381. The van der Waals surface area contributed by atoms with Crippen molar-refractivity contribution in [1.29, 1.82) is 0 Å². The number of likely N-dealkylation sites (N-methyl/N-ethyl adjacent to an activating group) is 1. The Balaban J connectivity index is 1.78. The minimum Gasteiger partial charge on any atom is -0.435 e. The lowest BCUT2D eigenvalue weighted by Crippen LogP contribution is -2.35. The first-order valence-corrected chi connectivity index (χ1v) is 7.98. The number of aromatic amines is 1. The molecule has 0 aliphatic heterocycles. The van der Waals surface area contributed by atoms with E-state index in [4.69, 9.17) is 0 Å². The van der Waals surface area contributed by atoms with Crippen molar-refractivity contribution < 1.29 is 23.4 Å². The van der Waals surface area contributed by atoms with Crippen LogP contribution in [0.15, 0.2) is 30.5 Å². The minimum atomic E-state index is -2.92. The van der Waals surface area contributed by atoms with Gasteiger partial charge < -0.3 is 14.7 Å². The van der Waals surface area contributed by atoms with Crippen LogP contribution in [0.25, 0.3) is 11.3 Å². The van der Waals surface area contributed by atoms with E-state index in [0.29, 0.717) is 16.8 Å². The van der Waals surface area contributed by atoms with Crippen molar-refractivity contribution in [3.05, 3.63) is 36.0 Å². The van der Waals surface area contributed by atoms with Gasteiger partial charge in [0.05, 0.1) is 23.6 Å². The van der Waals surface area contributed by atoms with Crippen LogP contribution in [0.5, 0.6) is 5.75 Å². The number of benzene rings is 1. The number of nitrogens with zero attached hydrogens (tertiary/aromatic N) is 2. The Morgan fingerprint density at radius 1 is 1.48 bits per heavy atom. The average Bonchev–Trinajstić information content (AvgIpc) is 3.31. The summed E-state index contributed by atoms with van der Waals surface area (Å²) in [5, 5.41) is 16.6. The smallest absolute Gasteiger partial charge is 0.387 e. The molecule has 1 aromatic carbocycles. The molecule has 25 heavy (non-hydrogen) atoms. The lowest BCUT2D eigenvalue weighted by molar-refractivity contribution is -0.0498. The molecule has 1 atom stereocenters. The molecule has 1 aliphatic carbocycles. The molecule has 8 heteroatoms. The molecule has 0 bridgehead atoms. The summed E-state index contributed by atoms with van der Waals surface area (Å²) in [6, 6.07) is 6.05. The van der Waals surface area contributed by atoms with Gasteiger partial charge >= 0.3 is 6.61 Å². The van der Waals surface area contributed by atoms with Crippen molar-refractivity contribution in [2.45, 2.75) is 25.6 Å². The standard InChI is InChI=1S/C17H19F2N3O3/c1-22(9-14(23)10-5-6-10)16(24)13-8-20-21-15(13)11-3-2-4-12(7-11)25-17(18)19/h2-4,7-8,10,14,17,23H,5-6,9H2,1H3,(H,20,21). The van der Waals surface area contributed by atoms with E-state index in [1.165, 1.54) is 23.2 Å². The van der Waals surface area contributed by atoms with Crippen LogP contribution < -0.4 is 4.74 Å². The van der Waals surface area contributed by atoms with Gasteiger partial charge in [0, 0.05) is 19.2 Å². The molecule has 3 rings (SSSR count). The van der Waals surface area contributed by atoms with Gasteiger partial charge in [-0.15, -0.1) is 0 Å². The van der Waals surface area contributed by atoms with Crippen LogP contribution in [0, 0.1) is 5.92 Å². The zero-order chi connectivity index (χ0) is 18.0. The van der Waals surface area contributed by atoms with Gasteiger partial charge in [0.15, 0.2) is 0 Å². The van der Waals surface area contributed by atoms with Gasteiger partial charge in [0.1, 0.15) is 5.75 Å². The van der Waals surface area contributed by atoms with E-state index in [9.17, 15) is 18.7 Å². The van der Waals surface area contributed by atoms with Gasteiger partial charge in [0.25, 0.3) is 5.91 Å². The number of hydrogen-bond acceptors (Lipinski definition) is 4. The number of rotatable bonds is 7. The lowest BCUT2D eigenvalue weighted by Gasteiger charge is -2.20. The van der Waals surface area contributed by atoms with Gasteiger partial charge in [-0.05, 0) is 30.9 Å². The molecular weight excluding hydrogens is 332 g/mol. The summed E-state index contributed by atoms with van der Waals surface area (Å²) in [7, 11) is 1.61. The highest BCUT2D eigenvalue weighted by molar-refractivity contribution is 5.99. The maximum Gasteiger partial charge on any atom is 0.387 e. The zero-order valence-corrected chi connectivity index (χ0v) is 13.7. The number of carbonyl (C=O) groups excluding carboxylic acids is 1. The predicted molar refractivity (Wildman–Crippen MR) is 86.3 cm³/mol. The highest BCUT2D eigenvalue weighted by Gasteiger charge is 2.31. The van der Waals surface area contributed by atoms with Crippen LogP contribution in [-0.2, 0) is 0 Å². The van der Waals surface area contributed by atoms with E-state index in [0.717, 1.165) is 12.8 Å². The number of carbonyl (C=O) groups is 1. The third-order valence-corrected chi connectivity index (χ3v) is 4.19. The SMILES string of the molecule is CN(CC(O)C1CC1)C(=O)c1cn[nH]c1-c1cccc(OC(F)F)c1. The highest BCUT2D eigenvalue weighted by atomic mass is 19.3. The Morgan fingerprint density at radius 3 is 2.92 bits per heavy atom. The van der Waals surface area contributed by atoms with Gasteiger partial charge in [0.2, 0.25) is 0 Å². The molecule has 2 aromatic rings. The van der Waals surface area contributed by atoms with E-state index in [2.05, 4.69) is 14.9 Å². The number of hydrogen-bond donors (Lipinski definition) is 2. The lowest BCUT2D eigenvalue weighted by atomic mass is 10.1. The fourth-order valence-corrected chi connectivity index (χ4v) is 2.70. The van der Waals surface area contributed by atoms with Crippen LogP contribution >= 0.6 is 0 Å². The third kappa shape index (κ3) is 4.14. The summed E-state index contributed by atoms with van der Waals surface area (Å²) >= 11 is 0. The van der Waals surface area contributed by atoms with E-state index in [1.807, 2.05) is 0 Å². The molecule has 0 spiro atoms. The number of aliphatic hydroxyl groups is 1. The quantitative estimate of drug-likeness (QED) is 0.803. The molecule has 0 saturated heterocycles. The van der Waals surface area contributed by atoms with Crippen LogP contribution in [0.1, 0.15) is 23.2 Å². The molecular formula is C17H19F2N3O3. The fraction of sp³-hybridized carbons (Fsp3) is 0.412. The molecule has 1 aliphatic rings. The average molecular weight is 351 g/mol. The van der Waals surface area contributed by atoms with Crippen molar-refractivity contribution >= 4 is 5.91 Å². The molecule has 1 fully saturated rings. The largest absolute Gasteiger partial charge is 0.435 e. The number of H-pyrrole nitrogens is 1. The number of alkyl halides is 2. The van der Waals surface area contributed by atoms with Gasteiger partial charge in [-0.25, -0.2) is 0 Å². The molecule has 6 nitrogen and oxygen atoms in total. The van der Waals surface area contributed by atoms with Crippen molar-refractivity contribution in [3.8, 4) is 17.0 Å². The second-order valence-corrected chi connectivity index (χ2v) is 6.16. The number of halogens is 2. The van der Waals surface area contributed by atoms with E-state index in [1.54, 1.807) is 19.2 Å². The fourth-order valence-electron chi connectivity index (χ4n) is 2.70. The van der Waals surface area contributed by atoms with E-state index in [-0.39, 0.29) is 24.1 Å². The summed E-state index contributed by atoms with van der Waals surface area (Å²) in [4.78, 5) is 14.1. The van der Waals surface area contributed by atoms with Crippen molar-refractivity contribution in [1.82, 2.24) is 15.1 Å². The van der Waals surface area contributed by atoms with Crippen molar-refractivity contribution in [2.75, 3.05) is 13.6 Å². The summed E-state index contributed by atoms with van der Waals surface area (Å²) < 4.78 is 29.1. The first-order chi connectivity index (χ1) is 12.0. The molecule has 1 unspecified atom stereocenters. The van der Waals surface area contributed by atoms with Crippen LogP contribution in [0.2, 0.25) is 0 Å². The topological polar surface area (TPSA) is 78.5 Å². The number of ether oxygens (including phenoxy) is 1. The van der Waals surface area contributed by atoms with Gasteiger partial charge in [-0.1, -0.05) is 12.1 Å². The maximum atomic E-state index is 12.6. The summed E-state index contributed by atoms with van der Waals surface area (Å²) in [6.07, 6.45) is 2.82. The predicted octanol–water partition coefficient (Wildman–Crippen LogP) is 2.52.